The zero-order valence-electron chi connectivity index (χ0n) is 39.7. The fourth-order valence-corrected chi connectivity index (χ4v) is 9.29. The Bertz CT molecular complexity index is 4080. The second-order valence-electron chi connectivity index (χ2n) is 15.0. The van der Waals surface area contributed by atoms with Gasteiger partial charge in [0, 0.05) is 15.7 Å². The van der Waals surface area contributed by atoms with Crippen molar-refractivity contribution in [3.05, 3.63) is 109 Å². The van der Waals surface area contributed by atoms with Gasteiger partial charge in [-0.25, -0.2) is 33.7 Å². The summed E-state index contributed by atoms with van der Waals surface area (Å²) in [5, 5.41) is 79.4. The van der Waals surface area contributed by atoms with Crippen LogP contribution in [-0.4, -0.2) is 69.5 Å². The van der Waals surface area contributed by atoms with Crippen LogP contribution in [0, 0.1) is 0 Å². The number of hydrogen-bond acceptors (Lipinski definition) is 24. The number of amides is 1. The smallest absolute Gasteiger partial charge is 0.871 e. The zero-order chi connectivity index (χ0) is 51.5. The number of para-hydroxylation sites is 1. The van der Waals surface area contributed by atoms with E-state index in [4.69, 9.17) is 0 Å². The average molecular weight is 1260 g/mol. The summed E-state index contributed by atoms with van der Waals surface area (Å²) in [6.45, 7) is 1.43. The number of hydrogen-bond donors (Lipinski definition) is 0. The van der Waals surface area contributed by atoms with Gasteiger partial charge in [-0.2, -0.15) is 35.7 Å². The zero-order valence-corrected chi connectivity index (χ0v) is 52.9. The van der Waals surface area contributed by atoms with Gasteiger partial charge in [-0.05, 0) is 89.5 Å². The van der Waals surface area contributed by atoms with Gasteiger partial charge in [-0.3, -0.25) is 4.79 Å². The van der Waals surface area contributed by atoms with Gasteiger partial charge in [0.1, 0.15) is 40.5 Å². The first-order valence-electron chi connectivity index (χ1n) is 19.4. The molecule has 35 heteroatoms. The van der Waals surface area contributed by atoms with E-state index in [-0.39, 0.29) is 180 Å². The SMILES string of the molecule is CC1=NN(c2ccccc2)C(=O)C1N=Nc1cc(S(=O)(=O)[O-])cc2cc(S(=O)(=O)[O-])c(N=Nc3ccc(-c4ccc(N=Nc5c([O-])c(S(=O)(=O)[O-])cc6cc(S(=O)(=O)[O-])ccc56)c([O-])c4)cc3[O-])c([O-])c12.[Cu+2].[Cu+2].[Na+].[Na+].[Na+].[Na+]. The number of benzene rings is 7. The van der Waals surface area contributed by atoms with E-state index in [9.17, 15) is 77.1 Å². The molecule has 7 aromatic rings. The van der Waals surface area contributed by atoms with E-state index >= 15 is 0 Å². The molecule has 1 aliphatic heterocycles. The van der Waals surface area contributed by atoms with Gasteiger partial charge in [0.15, 0.2) is 6.04 Å². The van der Waals surface area contributed by atoms with Crippen LogP contribution in [0.2, 0.25) is 0 Å². The summed E-state index contributed by atoms with van der Waals surface area (Å²) in [5.74, 6) is -5.40. The molecule has 1 atom stereocenters. The van der Waals surface area contributed by atoms with Crippen molar-refractivity contribution >= 4 is 108 Å². The number of azo groups is 3. The molecule has 1 unspecified atom stereocenters. The van der Waals surface area contributed by atoms with Crippen LogP contribution in [0.4, 0.5) is 34.1 Å². The Balaban J connectivity index is 0.00000338. The average Bonchev–Trinajstić information content (AvgIpc) is 3.58. The van der Waals surface area contributed by atoms with E-state index in [1.807, 2.05) is 0 Å². The molecule has 8 rings (SSSR count). The third-order valence-electron chi connectivity index (χ3n) is 10.3. The maximum atomic E-state index is 14.1. The minimum absolute atomic E-state index is 0. The molecule has 0 saturated carbocycles. The number of rotatable bonds is 12. The summed E-state index contributed by atoms with van der Waals surface area (Å²) in [5.41, 5.74) is -3.05. The number of carbonyl (C=O) groups excluding carboxylic acids is 1. The summed E-state index contributed by atoms with van der Waals surface area (Å²) in [6, 6.07) is 18.0. The van der Waals surface area contributed by atoms with Crippen LogP contribution in [0.1, 0.15) is 6.92 Å². The van der Waals surface area contributed by atoms with Crippen molar-refractivity contribution < 1.29 is 229 Å². The predicted molar refractivity (Wildman–Crippen MR) is 233 cm³/mol. The number of anilines is 1. The standard InChI is InChI=1S/C42H30N8O17S4.2Cu.4Na/c1-20-37(42(55)50(49-20)25-5-3-2-4-6-25)46-45-31-19-27(69(59,60)61)14-24-18-34(70(62,63)64)39(41(54)36(24)31)48-44-30-12-8-22(16-33(30)52)21-7-11-29(32(51)15-21)43-47-38-28-10-9-26(68(56,57)58)13-23(28)17-35(40(38)53)71(65,66)67;;;;;;/h2-19,37,51-54H,1H3,(H,56,57,58)(H,59,60,61)(H,62,63,64)(H,65,66,67);;;;;;/q;2*+2;4*+1/p-8. The van der Waals surface area contributed by atoms with Gasteiger partial charge < -0.3 is 38.6 Å². The first-order valence-corrected chi connectivity index (χ1v) is 25.1. The fraction of sp³-hybridized carbons (Fsp3) is 0.0476. The Morgan fingerprint density at radius 1 is 0.506 bits per heavy atom. The van der Waals surface area contributed by atoms with Crippen molar-refractivity contribution in [3.63, 3.8) is 0 Å². The molecule has 25 nitrogen and oxygen atoms in total. The molecule has 0 fully saturated rings. The van der Waals surface area contributed by atoms with Gasteiger partial charge >= 0.3 is 152 Å². The molecule has 382 valence electrons. The summed E-state index contributed by atoms with van der Waals surface area (Å²) in [6.07, 6.45) is 0. The van der Waals surface area contributed by atoms with Gasteiger partial charge in [0.2, 0.25) is 0 Å². The van der Waals surface area contributed by atoms with Crippen molar-refractivity contribution in [3.8, 4) is 34.1 Å². The molecule has 0 bridgehead atoms. The molecule has 0 spiro atoms. The van der Waals surface area contributed by atoms with E-state index in [1.54, 1.807) is 30.3 Å². The molecule has 0 aromatic heterocycles. The van der Waals surface area contributed by atoms with Crippen molar-refractivity contribution in [2.45, 2.75) is 32.5 Å². The van der Waals surface area contributed by atoms with E-state index < -0.39 is 134 Å². The van der Waals surface area contributed by atoms with Crippen LogP contribution < -0.4 is 144 Å². The maximum absolute atomic E-state index is 14.1. The van der Waals surface area contributed by atoms with Crippen LogP contribution in [0.25, 0.3) is 32.7 Å². The Morgan fingerprint density at radius 3 is 1.52 bits per heavy atom. The quantitative estimate of drug-likeness (QED) is 0.0623. The van der Waals surface area contributed by atoms with Crippen molar-refractivity contribution in [1.29, 1.82) is 0 Å². The minimum atomic E-state index is -5.65. The molecule has 7 aromatic carbocycles. The van der Waals surface area contributed by atoms with Crippen LogP contribution >= 0.6 is 0 Å². The van der Waals surface area contributed by atoms with Crippen molar-refractivity contribution in [1.82, 2.24) is 0 Å². The van der Waals surface area contributed by atoms with Crippen molar-refractivity contribution in [2.75, 3.05) is 5.01 Å². The summed E-state index contributed by atoms with van der Waals surface area (Å²) >= 11 is 0. The van der Waals surface area contributed by atoms with E-state index in [2.05, 4.69) is 35.8 Å². The number of hydrazone groups is 1. The van der Waals surface area contributed by atoms with E-state index in [1.165, 1.54) is 19.1 Å². The van der Waals surface area contributed by atoms with Crippen molar-refractivity contribution in [2.24, 2.45) is 35.8 Å². The van der Waals surface area contributed by atoms with Crippen LogP contribution in [-0.2, 0) is 79.4 Å². The molecule has 1 heterocycles. The normalized spacial score (nSPS) is 13.8. The topological polar surface area (TPSA) is 428 Å². The first-order chi connectivity index (χ1) is 33.2. The molecule has 1 amide bonds. The first kappa shape index (κ1) is 70.0. The summed E-state index contributed by atoms with van der Waals surface area (Å²) in [7, 11) is -21.5. The molecule has 1 aliphatic rings. The molecular formula is C42H22Cu2N8Na4O17S4. The summed E-state index contributed by atoms with van der Waals surface area (Å²) < 4.78 is 144. The second kappa shape index (κ2) is 27.1. The number of nitrogens with zero attached hydrogens (tertiary/aromatic N) is 8. The Morgan fingerprint density at radius 2 is 1.01 bits per heavy atom. The monoisotopic (exact) mass is 1260 g/mol. The van der Waals surface area contributed by atoms with Crippen LogP contribution in [0.3, 0.4) is 0 Å². The minimum Gasteiger partial charge on any atom is -0.871 e. The van der Waals surface area contributed by atoms with E-state index in [0.29, 0.717) is 36.0 Å². The molecular weight excluding hydrogens is 1240 g/mol. The van der Waals surface area contributed by atoms with Gasteiger partial charge in [-0.1, -0.05) is 71.5 Å². The van der Waals surface area contributed by atoms with Crippen LogP contribution in [0.5, 0.6) is 23.0 Å². The third-order valence-corrected chi connectivity index (χ3v) is 13.7. The maximum Gasteiger partial charge on any atom is 2.00 e. The summed E-state index contributed by atoms with van der Waals surface area (Å²) in [4.78, 5) is 8.74. The molecule has 77 heavy (non-hydrogen) atoms. The van der Waals surface area contributed by atoms with Gasteiger partial charge in [-0.15, -0.1) is 5.11 Å². The molecule has 0 saturated heterocycles. The Hall–Kier alpha value is -3.12. The Labute approximate surface area is 546 Å². The Kier molecular flexibility index (Phi) is 24.6. The predicted octanol–water partition coefficient (Wildman–Crippen LogP) is -7.71. The largest absolute Gasteiger partial charge is 2.00 e. The third kappa shape index (κ3) is 15.3. The number of fused-ring (bicyclic) bond motifs is 2. The van der Waals surface area contributed by atoms with Crippen LogP contribution in [0.15, 0.2) is 165 Å². The fourth-order valence-electron chi connectivity index (χ4n) is 7.02. The van der Waals surface area contributed by atoms with Gasteiger partial charge in [0.05, 0.1) is 54.5 Å². The number of carbonyl (C=O) groups is 1. The molecule has 2 radical (unpaired) electrons. The molecule has 0 aliphatic carbocycles. The van der Waals surface area contributed by atoms with Gasteiger partial charge in [0.25, 0.3) is 5.91 Å². The van der Waals surface area contributed by atoms with E-state index in [0.717, 1.165) is 41.4 Å². The second-order valence-corrected chi connectivity index (χ2v) is 20.4. The molecule has 0 N–H and O–H groups in total.